The number of fused-ring (bicyclic) bond motifs is 2. The average molecular weight is 329 g/mol. The number of hydrogen-bond donors (Lipinski definition) is 0. The Morgan fingerprint density at radius 3 is 3.00 bits per heavy atom. The van der Waals surface area contributed by atoms with Crippen molar-refractivity contribution < 1.29 is 14.3 Å². The van der Waals surface area contributed by atoms with E-state index < -0.39 is 5.60 Å². The third kappa shape index (κ3) is 2.15. The molecular weight excluding hydrogens is 314 g/mol. The van der Waals surface area contributed by atoms with E-state index in [0.29, 0.717) is 29.2 Å². The molecule has 23 heavy (non-hydrogen) atoms. The number of carbonyl (C=O) groups excluding carboxylic acids is 2. The number of aromatic nitrogens is 2. The molecule has 1 spiro atoms. The summed E-state index contributed by atoms with van der Waals surface area (Å²) >= 11 is 1.11. The normalized spacial score (nSPS) is 23.0. The largest absolute Gasteiger partial charge is 0.449 e. The number of ether oxygens (including phenoxy) is 1. The third-order valence-electron chi connectivity index (χ3n) is 4.51. The fourth-order valence-corrected chi connectivity index (χ4v) is 4.04. The highest BCUT2D eigenvalue weighted by Gasteiger charge is 2.49. The Labute approximate surface area is 137 Å². The summed E-state index contributed by atoms with van der Waals surface area (Å²) in [7, 11) is 0. The van der Waals surface area contributed by atoms with Gasteiger partial charge in [0.2, 0.25) is 0 Å². The maximum atomic E-state index is 12.7. The first-order valence-electron chi connectivity index (χ1n) is 7.52. The Balaban J connectivity index is 1.67. The van der Waals surface area contributed by atoms with E-state index in [1.165, 1.54) is 0 Å². The van der Waals surface area contributed by atoms with Gasteiger partial charge in [-0.1, -0.05) is 22.7 Å². The summed E-state index contributed by atoms with van der Waals surface area (Å²) in [5, 5.41) is 3.91. The van der Waals surface area contributed by atoms with Crippen molar-refractivity contribution in [1.82, 2.24) is 14.5 Å². The van der Waals surface area contributed by atoms with E-state index >= 15 is 0 Å². The molecular formula is C16H15N3O3S. The van der Waals surface area contributed by atoms with Gasteiger partial charge in [0, 0.05) is 12.1 Å². The Morgan fingerprint density at radius 1 is 1.39 bits per heavy atom. The van der Waals surface area contributed by atoms with Gasteiger partial charge in [-0.05, 0) is 37.4 Å². The summed E-state index contributed by atoms with van der Waals surface area (Å²) in [4.78, 5) is 27.2. The Kier molecular flexibility index (Phi) is 3.19. The number of esters is 1. The number of nitrogens with zero attached hydrogens (tertiary/aromatic N) is 3. The molecule has 1 fully saturated rings. The molecule has 1 saturated heterocycles. The Morgan fingerprint density at radius 2 is 2.22 bits per heavy atom. The molecule has 3 heterocycles. The molecule has 4 rings (SSSR count). The molecule has 0 radical (unpaired) electrons. The van der Waals surface area contributed by atoms with Crippen LogP contribution in [0.3, 0.4) is 0 Å². The molecule has 0 saturated carbocycles. The number of piperidine rings is 1. The zero-order valence-electron chi connectivity index (χ0n) is 12.6. The lowest BCUT2D eigenvalue weighted by atomic mass is 9.85. The number of carbonyl (C=O) groups is 2. The summed E-state index contributed by atoms with van der Waals surface area (Å²) < 4.78 is 9.56. The highest BCUT2D eigenvalue weighted by molar-refractivity contribution is 7.07. The summed E-state index contributed by atoms with van der Waals surface area (Å²) in [6.45, 7) is 2.81. The molecule has 7 heteroatoms. The van der Waals surface area contributed by atoms with E-state index in [1.807, 2.05) is 18.2 Å². The van der Waals surface area contributed by atoms with Crippen molar-refractivity contribution in [2.75, 3.05) is 13.1 Å². The minimum Gasteiger partial charge on any atom is -0.449 e. The molecule has 1 aromatic heterocycles. The Hall–Kier alpha value is -2.28. The molecule has 0 N–H and O–H groups in total. The van der Waals surface area contributed by atoms with Crippen LogP contribution in [0.15, 0.2) is 24.3 Å². The number of hydrogen-bond acceptors (Lipinski definition) is 6. The second-order valence-corrected chi connectivity index (χ2v) is 6.70. The van der Waals surface area contributed by atoms with E-state index in [-0.39, 0.29) is 11.9 Å². The molecule has 1 unspecified atom stereocenters. The summed E-state index contributed by atoms with van der Waals surface area (Å²) in [5.74, 6) is -0.387. The average Bonchev–Trinajstić information content (AvgIpc) is 3.10. The van der Waals surface area contributed by atoms with Gasteiger partial charge in [-0.2, -0.15) is 0 Å². The van der Waals surface area contributed by atoms with Crippen LogP contribution in [0.4, 0.5) is 0 Å². The fraction of sp³-hybridized carbons (Fsp3) is 0.375. The van der Waals surface area contributed by atoms with E-state index in [1.54, 1.807) is 17.9 Å². The quantitative estimate of drug-likeness (QED) is 0.750. The van der Waals surface area contributed by atoms with Gasteiger partial charge >= 0.3 is 5.97 Å². The van der Waals surface area contributed by atoms with Crippen molar-refractivity contribution in [2.24, 2.45) is 0 Å². The van der Waals surface area contributed by atoms with Crippen LogP contribution in [0.2, 0.25) is 0 Å². The van der Waals surface area contributed by atoms with Crippen LogP contribution < -0.4 is 0 Å². The lowest BCUT2D eigenvalue weighted by molar-refractivity contribution is -0.0441. The van der Waals surface area contributed by atoms with Crippen LogP contribution in [-0.2, 0) is 10.3 Å². The van der Waals surface area contributed by atoms with Crippen LogP contribution in [0.25, 0.3) is 0 Å². The SMILES string of the molecule is Cc1nnsc1C(=O)N1CCCC2(C1)OC(=O)c1ccccc12. The number of rotatable bonds is 1. The van der Waals surface area contributed by atoms with Gasteiger partial charge < -0.3 is 9.64 Å². The van der Waals surface area contributed by atoms with Crippen LogP contribution in [0.5, 0.6) is 0 Å². The van der Waals surface area contributed by atoms with E-state index in [0.717, 1.165) is 29.9 Å². The lowest BCUT2D eigenvalue weighted by Gasteiger charge is -2.39. The first kappa shape index (κ1) is 14.3. The maximum absolute atomic E-state index is 12.7. The van der Waals surface area contributed by atoms with Crippen LogP contribution in [0.1, 0.15) is 44.1 Å². The first-order valence-corrected chi connectivity index (χ1v) is 8.29. The fourth-order valence-electron chi connectivity index (χ4n) is 3.42. The standard InChI is InChI=1S/C16H15N3O3S/c1-10-13(23-18-17-10)14(20)19-8-4-7-16(9-19)12-6-3-2-5-11(12)15(21)22-16/h2-3,5-6H,4,7-9H2,1H3. The van der Waals surface area contributed by atoms with Crippen molar-refractivity contribution in [3.63, 3.8) is 0 Å². The number of likely N-dealkylation sites (tertiary alicyclic amines) is 1. The highest BCUT2D eigenvalue weighted by atomic mass is 32.1. The van der Waals surface area contributed by atoms with Gasteiger partial charge in [-0.15, -0.1) is 5.10 Å². The molecule has 6 nitrogen and oxygen atoms in total. The van der Waals surface area contributed by atoms with Gasteiger partial charge in [0.15, 0.2) is 5.60 Å². The summed E-state index contributed by atoms with van der Waals surface area (Å²) in [6, 6.07) is 7.44. The molecule has 2 aliphatic heterocycles. The first-order chi connectivity index (χ1) is 11.1. The molecule has 2 aliphatic rings. The van der Waals surface area contributed by atoms with E-state index in [9.17, 15) is 9.59 Å². The van der Waals surface area contributed by atoms with Gasteiger partial charge in [0.25, 0.3) is 5.91 Å². The molecule has 2 aromatic rings. The van der Waals surface area contributed by atoms with Crippen molar-refractivity contribution in [2.45, 2.75) is 25.4 Å². The van der Waals surface area contributed by atoms with Gasteiger partial charge in [-0.3, -0.25) is 4.79 Å². The minimum atomic E-state index is -0.715. The molecule has 118 valence electrons. The van der Waals surface area contributed by atoms with Crippen molar-refractivity contribution in [3.8, 4) is 0 Å². The molecule has 0 bridgehead atoms. The molecule has 1 atom stereocenters. The zero-order valence-corrected chi connectivity index (χ0v) is 13.4. The predicted molar refractivity (Wildman–Crippen MR) is 83.3 cm³/mol. The number of amides is 1. The number of aryl methyl sites for hydroxylation is 1. The van der Waals surface area contributed by atoms with Gasteiger partial charge in [-0.25, -0.2) is 4.79 Å². The van der Waals surface area contributed by atoms with Crippen LogP contribution >= 0.6 is 11.5 Å². The molecule has 0 aliphatic carbocycles. The minimum absolute atomic E-state index is 0.0861. The second kappa shape index (κ2) is 5.13. The van der Waals surface area contributed by atoms with Crippen molar-refractivity contribution >= 4 is 23.4 Å². The van der Waals surface area contributed by atoms with Crippen molar-refractivity contribution in [3.05, 3.63) is 46.0 Å². The smallest absolute Gasteiger partial charge is 0.339 e. The third-order valence-corrected chi connectivity index (χ3v) is 5.33. The number of benzene rings is 1. The van der Waals surface area contributed by atoms with Crippen LogP contribution in [0, 0.1) is 6.92 Å². The Bertz CT molecular complexity index is 803. The zero-order chi connectivity index (χ0) is 16.0. The van der Waals surface area contributed by atoms with Crippen LogP contribution in [-0.4, -0.2) is 39.5 Å². The van der Waals surface area contributed by atoms with E-state index in [2.05, 4.69) is 9.59 Å². The second-order valence-electron chi connectivity index (χ2n) is 5.95. The lowest BCUT2D eigenvalue weighted by Crippen LogP contribution is -2.48. The predicted octanol–water partition coefficient (Wildman–Crippen LogP) is 2.15. The summed E-state index contributed by atoms with van der Waals surface area (Å²) in [5.41, 5.74) is 1.43. The molecule has 1 amide bonds. The van der Waals surface area contributed by atoms with Gasteiger partial charge in [0.1, 0.15) is 4.88 Å². The van der Waals surface area contributed by atoms with E-state index in [4.69, 9.17) is 4.74 Å². The topological polar surface area (TPSA) is 72.4 Å². The van der Waals surface area contributed by atoms with Gasteiger partial charge in [0.05, 0.1) is 17.8 Å². The monoisotopic (exact) mass is 329 g/mol. The maximum Gasteiger partial charge on any atom is 0.339 e. The molecule has 1 aromatic carbocycles. The van der Waals surface area contributed by atoms with Crippen molar-refractivity contribution in [1.29, 1.82) is 0 Å². The summed E-state index contributed by atoms with van der Waals surface area (Å²) in [6.07, 6.45) is 1.53. The highest BCUT2D eigenvalue weighted by Crippen LogP contribution is 2.43.